The van der Waals surface area contributed by atoms with Gasteiger partial charge in [-0.3, -0.25) is 4.79 Å². The minimum Gasteiger partial charge on any atom is -0.497 e. The Morgan fingerprint density at radius 1 is 0.774 bits per heavy atom. The highest BCUT2D eigenvalue weighted by Gasteiger charge is 2.21. The highest BCUT2D eigenvalue weighted by atomic mass is 16.5. The third-order valence-corrected chi connectivity index (χ3v) is 6.39. The predicted octanol–water partition coefficient (Wildman–Crippen LogP) is 6.59. The van der Waals surface area contributed by atoms with Gasteiger partial charge in [0.05, 0.1) is 40.3 Å². The molecule has 0 spiro atoms. The Hall–Kier alpha value is -1.55. The van der Waals surface area contributed by atoms with Crippen LogP contribution in [-0.2, 0) is 0 Å². The average molecular weight is 434 g/mol. The van der Waals surface area contributed by atoms with Gasteiger partial charge in [0.1, 0.15) is 5.75 Å². The van der Waals surface area contributed by atoms with Crippen molar-refractivity contribution >= 4 is 5.91 Å². The van der Waals surface area contributed by atoms with E-state index in [2.05, 4.69) is 26.2 Å². The molecule has 0 aliphatic rings. The molecule has 1 aromatic rings. The number of nitrogens with zero attached hydrogens (tertiary/aromatic N) is 1. The molecule has 0 bridgehead atoms. The largest absolute Gasteiger partial charge is 0.497 e. The number of nitrogens with one attached hydrogen (secondary N) is 1. The summed E-state index contributed by atoms with van der Waals surface area (Å²) in [6.45, 7) is 8.72. The molecule has 1 rings (SSSR count). The van der Waals surface area contributed by atoms with Gasteiger partial charge in [0.25, 0.3) is 5.91 Å². The van der Waals surface area contributed by atoms with Crippen LogP contribution in [0.15, 0.2) is 24.3 Å². The molecule has 0 saturated carbocycles. The molecular formula is C27H49N2O2+. The van der Waals surface area contributed by atoms with E-state index in [1.807, 2.05) is 24.3 Å². The lowest BCUT2D eigenvalue weighted by Crippen LogP contribution is -2.50. The van der Waals surface area contributed by atoms with Crippen LogP contribution in [0.1, 0.15) is 101 Å². The number of unbranched alkanes of at least 4 members (excludes halogenated alkanes) is 10. The van der Waals surface area contributed by atoms with Crippen LogP contribution >= 0.6 is 0 Å². The molecule has 0 aliphatic heterocycles. The Kier molecular flexibility index (Phi) is 15.1. The number of methoxy groups -OCH3 is 1. The van der Waals surface area contributed by atoms with Crippen LogP contribution in [0.2, 0.25) is 0 Å². The molecule has 1 amide bonds. The molecule has 0 aromatic heterocycles. The van der Waals surface area contributed by atoms with E-state index in [-0.39, 0.29) is 5.91 Å². The predicted molar refractivity (Wildman–Crippen MR) is 133 cm³/mol. The first-order valence-corrected chi connectivity index (χ1v) is 12.8. The third-order valence-electron chi connectivity index (χ3n) is 6.39. The van der Waals surface area contributed by atoms with Gasteiger partial charge in [-0.15, -0.1) is 0 Å². The van der Waals surface area contributed by atoms with Crippen LogP contribution in [0.25, 0.3) is 0 Å². The molecule has 4 heteroatoms. The summed E-state index contributed by atoms with van der Waals surface area (Å²) >= 11 is 0. The molecule has 0 heterocycles. The summed E-state index contributed by atoms with van der Waals surface area (Å²) in [7, 11) is 4.03. The van der Waals surface area contributed by atoms with Crippen molar-refractivity contribution in [2.45, 2.75) is 90.9 Å². The zero-order valence-corrected chi connectivity index (χ0v) is 20.9. The van der Waals surface area contributed by atoms with Gasteiger partial charge < -0.3 is 14.5 Å². The SMILES string of the molecule is CCCCCCCC[N+](C)(CCCCCCCC)CCNC(=O)c1ccc(OC)cc1. The van der Waals surface area contributed by atoms with Crippen molar-refractivity contribution in [3.05, 3.63) is 29.8 Å². The molecule has 0 aliphatic carbocycles. The maximum absolute atomic E-state index is 12.5. The van der Waals surface area contributed by atoms with Gasteiger partial charge >= 0.3 is 0 Å². The first kappa shape index (κ1) is 27.5. The molecule has 1 N–H and O–H groups in total. The van der Waals surface area contributed by atoms with Gasteiger partial charge in [0.2, 0.25) is 0 Å². The van der Waals surface area contributed by atoms with Crippen molar-refractivity contribution in [1.82, 2.24) is 5.32 Å². The molecule has 0 saturated heterocycles. The number of ether oxygens (including phenoxy) is 1. The van der Waals surface area contributed by atoms with E-state index >= 15 is 0 Å². The number of likely N-dealkylation sites (N-methyl/N-ethyl adjacent to an activating group) is 1. The topological polar surface area (TPSA) is 38.3 Å². The number of hydrogen-bond acceptors (Lipinski definition) is 2. The summed E-state index contributed by atoms with van der Waals surface area (Å²) in [5.41, 5.74) is 0.696. The van der Waals surface area contributed by atoms with E-state index in [0.717, 1.165) is 23.3 Å². The summed E-state index contributed by atoms with van der Waals surface area (Å²) in [4.78, 5) is 12.5. The number of hydrogen-bond donors (Lipinski definition) is 1. The van der Waals surface area contributed by atoms with Gasteiger partial charge in [0, 0.05) is 5.56 Å². The normalized spacial score (nSPS) is 11.5. The number of amides is 1. The van der Waals surface area contributed by atoms with Crippen molar-refractivity contribution in [1.29, 1.82) is 0 Å². The van der Waals surface area contributed by atoms with Gasteiger partial charge in [-0.25, -0.2) is 0 Å². The minimum atomic E-state index is 0.00772. The van der Waals surface area contributed by atoms with Crippen molar-refractivity contribution in [2.75, 3.05) is 40.3 Å². The third kappa shape index (κ3) is 12.8. The van der Waals surface area contributed by atoms with Gasteiger partial charge in [-0.05, 0) is 49.9 Å². The number of carbonyl (C=O) groups excluding carboxylic acids is 1. The molecule has 4 nitrogen and oxygen atoms in total. The smallest absolute Gasteiger partial charge is 0.251 e. The van der Waals surface area contributed by atoms with Crippen LogP contribution in [0.5, 0.6) is 5.75 Å². The summed E-state index contributed by atoms with van der Waals surface area (Å²) in [5.74, 6) is 0.784. The quantitative estimate of drug-likeness (QED) is 0.197. The Bertz CT molecular complexity index is 555. The Balaban J connectivity index is 2.45. The van der Waals surface area contributed by atoms with Crippen LogP contribution in [-0.4, -0.2) is 50.7 Å². The number of quaternary nitrogens is 1. The van der Waals surface area contributed by atoms with Crippen molar-refractivity contribution < 1.29 is 14.0 Å². The molecular weight excluding hydrogens is 384 g/mol. The van der Waals surface area contributed by atoms with Crippen molar-refractivity contribution in [3.8, 4) is 5.75 Å². The molecule has 0 unspecified atom stereocenters. The van der Waals surface area contributed by atoms with Crippen LogP contribution < -0.4 is 10.1 Å². The standard InChI is InChI=1S/C27H48N2O2/c1-5-7-9-11-13-15-22-29(3,23-16-14-12-10-8-6-2)24-21-28-27(30)25-17-19-26(31-4)20-18-25/h17-20H,5-16,21-24H2,1-4H3/p+1. The van der Waals surface area contributed by atoms with Gasteiger partial charge in [-0.2, -0.15) is 0 Å². The van der Waals surface area contributed by atoms with Crippen LogP contribution in [0.3, 0.4) is 0 Å². The van der Waals surface area contributed by atoms with Gasteiger partial charge in [-0.1, -0.05) is 65.2 Å². The summed E-state index contributed by atoms with van der Waals surface area (Å²) in [6.07, 6.45) is 16.1. The van der Waals surface area contributed by atoms with E-state index < -0.39 is 0 Å². The molecule has 31 heavy (non-hydrogen) atoms. The first-order valence-electron chi connectivity index (χ1n) is 12.8. The van der Waals surface area contributed by atoms with Crippen LogP contribution in [0.4, 0.5) is 0 Å². The number of rotatable bonds is 19. The lowest BCUT2D eigenvalue weighted by molar-refractivity contribution is -0.908. The Labute approximate surface area is 192 Å². The summed E-state index contributed by atoms with van der Waals surface area (Å²) < 4.78 is 6.25. The van der Waals surface area contributed by atoms with E-state index in [0.29, 0.717) is 5.56 Å². The summed E-state index contributed by atoms with van der Waals surface area (Å²) in [5, 5.41) is 3.13. The zero-order valence-electron chi connectivity index (χ0n) is 20.9. The second-order valence-electron chi connectivity index (χ2n) is 9.31. The van der Waals surface area contributed by atoms with Crippen molar-refractivity contribution in [2.24, 2.45) is 0 Å². The minimum absolute atomic E-state index is 0.00772. The zero-order chi connectivity index (χ0) is 22.8. The molecule has 1 aromatic carbocycles. The number of benzene rings is 1. The summed E-state index contributed by atoms with van der Waals surface area (Å²) in [6, 6.07) is 7.34. The second-order valence-corrected chi connectivity index (χ2v) is 9.31. The number of carbonyl (C=O) groups is 1. The monoisotopic (exact) mass is 433 g/mol. The molecule has 0 fully saturated rings. The fourth-order valence-corrected chi connectivity index (χ4v) is 4.17. The molecule has 0 atom stereocenters. The van der Waals surface area contributed by atoms with E-state index in [4.69, 9.17) is 4.74 Å². The average Bonchev–Trinajstić information content (AvgIpc) is 2.78. The highest BCUT2D eigenvalue weighted by Crippen LogP contribution is 2.14. The Morgan fingerprint density at radius 2 is 1.26 bits per heavy atom. The van der Waals surface area contributed by atoms with Gasteiger partial charge in [0.15, 0.2) is 0 Å². The molecule has 0 radical (unpaired) electrons. The van der Waals surface area contributed by atoms with Crippen LogP contribution in [0, 0.1) is 0 Å². The fraction of sp³-hybridized carbons (Fsp3) is 0.741. The maximum atomic E-state index is 12.5. The first-order chi connectivity index (χ1) is 15.0. The van der Waals surface area contributed by atoms with E-state index in [9.17, 15) is 4.79 Å². The lowest BCUT2D eigenvalue weighted by atomic mass is 10.1. The van der Waals surface area contributed by atoms with Crippen molar-refractivity contribution in [3.63, 3.8) is 0 Å². The second kappa shape index (κ2) is 17.1. The Morgan fingerprint density at radius 3 is 1.74 bits per heavy atom. The maximum Gasteiger partial charge on any atom is 0.251 e. The molecule has 178 valence electrons. The lowest BCUT2D eigenvalue weighted by Gasteiger charge is -2.35. The highest BCUT2D eigenvalue weighted by molar-refractivity contribution is 5.94. The fourth-order valence-electron chi connectivity index (χ4n) is 4.17. The van der Waals surface area contributed by atoms with E-state index in [1.165, 1.54) is 90.1 Å². The van der Waals surface area contributed by atoms with E-state index in [1.54, 1.807) is 7.11 Å².